The molecular weight excluding hydrogens is 573 g/mol. The summed E-state index contributed by atoms with van der Waals surface area (Å²) in [7, 11) is 0. The fourth-order valence-electron chi connectivity index (χ4n) is 8.87. The van der Waals surface area contributed by atoms with Gasteiger partial charge in [0.05, 0.1) is 35.7 Å². The number of amides is 2. The zero-order chi connectivity index (χ0) is 30.1. The van der Waals surface area contributed by atoms with Gasteiger partial charge in [0.25, 0.3) is 0 Å². The Hall–Kier alpha value is -1.12. The van der Waals surface area contributed by atoms with Crippen molar-refractivity contribution in [2.75, 3.05) is 65.4 Å². The number of fused-ring (bicyclic) bond motifs is 4. The molecule has 7 rings (SSSR count). The first-order chi connectivity index (χ1) is 20.8. The molecule has 1 saturated carbocycles. The highest BCUT2D eigenvalue weighted by Gasteiger charge is 2.46. The summed E-state index contributed by atoms with van der Waals surface area (Å²) >= 11 is 6.54. The van der Waals surface area contributed by atoms with Crippen molar-refractivity contribution in [3.63, 3.8) is 0 Å². The molecule has 1 aliphatic carbocycles. The summed E-state index contributed by atoms with van der Waals surface area (Å²) in [5, 5.41) is 9.78. The van der Waals surface area contributed by atoms with E-state index in [0.29, 0.717) is 44.8 Å². The third-order valence-corrected chi connectivity index (χ3v) is 11.5. The van der Waals surface area contributed by atoms with E-state index in [1.807, 2.05) is 0 Å². The van der Waals surface area contributed by atoms with Crippen molar-refractivity contribution in [1.82, 2.24) is 35.6 Å². The highest BCUT2D eigenvalue weighted by Crippen LogP contribution is 2.31. The topological polar surface area (TPSA) is 135 Å². The SMILES string of the molecule is NC(N)C(C(=O)NC1CNCC(F)C1N1CCC(C(=O)N2CCN3CCC2CC3)CC1)C1NCC(Cl)CN1C1CCCC1. The van der Waals surface area contributed by atoms with E-state index in [1.54, 1.807) is 0 Å². The van der Waals surface area contributed by atoms with Gasteiger partial charge in [-0.15, -0.1) is 11.6 Å². The monoisotopic (exact) mass is 625 g/mol. The van der Waals surface area contributed by atoms with Gasteiger partial charge < -0.3 is 31.9 Å². The van der Waals surface area contributed by atoms with Crippen molar-refractivity contribution in [3.05, 3.63) is 0 Å². The number of rotatable bonds is 7. The molecule has 0 aromatic heterocycles. The molecule has 6 atom stereocenters. The van der Waals surface area contributed by atoms with Crippen LogP contribution in [0.15, 0.2) is 0 Å². The largest absolute Gasteiger partial charge is 0.350 e. The molecule has 7 N–H and O–H groups in total. The van der Waals surface area contributed by atoms with Gasteiger partial charge in [0.15, 0.2) is 0 Å². The zero-order valence-corrected chi connectivity index (χ0v) is 26.3. The summed E-state index contributed by atoms with van der Waals surface area (Å²) in [6.07, 6.45) is 5.73. The molecule has 2 bridgehead atoms. The van der Waals surface area contributed by atoms with E-state index in [0.717, 1.165) is 64.7 Å². The minimum Gasteiger partial charge on any atom is -0.350 e. The molecule has 43 heavy (non-hydrogen) atoms. The third-order valence-electron chi connectivity index (χ3n) is 11.2. The van der Waals surface area contributed by atoms with Gasteiger partial charge in [-0.3, -0.25) is 24.7 Å². The lowest BCUT2D eigenvalue weighted by atomic mass is 9.89. The molecule has 11 nitrogen and oxygen atoms in total. The average Bonchev–Trinajstić information content (AvgIpc) is 3.37. The van der Waals surface area contributed by atoms with Crippen LogP contribution in [-0.2, 0) is 9.59 Å². The number of carbonyl (C=O) groups excluding carboxylic acids is 2. The first-order valence-corrected chi connectivity index (χ1v) is 17.3. The molecule has 0 aromatic carbocycles. The smallest absolute Gasteiger partial charge is 0.229 e. The molecule has 244 valence electrons. The summed E-state index contributed by atoms with van der Waals surface area (Å²) in [5.41, 5.74) is 12.6. The summed E-state index contributed by atoms with van der Waals surface area (Å²) in [6.45, 7) is 7.25. The van der Waals surface area contributed by atoms with Crippen molar-refractivity contribution < 1.29 is 14.0 Å². The predicted molar refractivity (Wildman–Crippen MR) is 165 cm³/mol. The van der Waals surface area contributed by atoms with Crippen molar-refractivity contribution >= 4 is 23.4 Å². The lowest BCUT2D eigenvalue weighted by Gasteiger charge is -2.48. The van der Waals surface area contributed by atoms with E-state index in [9.17, 15) is 9.59 Å². The Morgan fingerprint density at radius 2 is 1.60 bits per heavy atom. The van der Waals surface area contributed by atoms with E-state index in [4.69, 9.17) is 23.1 Å². The molecular formula is C30H53ClFN9O2. The molecule has 6 heterocycles. The number of halogens is 2. The van der Waals surface area contributed by atoms with Crippen molar-refractivity contribution in [2.45, 2.75) is 99.4 Å². The maximum atomic E-state index is 15.6. The van der Waals surface area contributed by atoms with Gasteiger partial charge in [-0.05, 0) is 51.6 Å². The highest BCUT2D eigenvalue weighted by atomic mass is 35.5. The van der Waals surface area contributed by atoms with E-state index >= 15 is 4.39 Å². The number of nitrogens with one attached hydrogen (secondary N) is 3. The van der Waals surface area contributed by atoms with Crippen LogP contribution in [0.25, 0.3) is 0 Å². The Morgan fingerprint density at radius 3 is 2.30 bits per heavy atom. The number of nitrogens with zero attached hydrogens (tertiary/aromatic N) is 4. The second-order valence-electron chi connectivity index (χ2n) is 13.9. The zero-order valence-electron chi connectivity index (χ0n) is 25.5. The predicted octanol–water partition coefficient (Wildman–Crippen LogP) is -0.559. The Balaban J connectivity index is 1.10. The minimum atomic E-state index is -1.13. The number of piperidine rings is 3. The fraction of sp³-hybridized carbons (Fsp3) is 0.933. The summed E-state index contributed by atoms with van der Waals surface area (Å²) in [4.78, 5) is 36.6. The van der Waals surface area contributed by atoms with E-state index in [-0.39, 0.29) is 35.8 Å². The van der Waals surface area contributed by atoms with Crippen LogP contribution in [0.2, 0.25) is 0 Å². The van der Waals surface area contributed by atoms with Crippen LogP contribution in [-0.4, -0.2) is 145 Å². The second kappa shape index (κ2) is 14.1. The average molecular weight is 626 g/mol. The van der Waals surface area contributed by atoms with Gasteiger partial charge in [0.1, 0.15) is 6.17 Å². The maximum absolute atomic E-state index is 15.6. The lowest BCUT2D eigenvalue weighted by Crippen LogP contribution is -2.70. The second-order valence-corrected chi connectivity index (χ2v) is 14.5. The number of hydrogen-bond acceptors (Lipinski definition) is 9. The Kier molecular flexibility index (Phi) is 10.5. The van der Waals surface area contributed by atoms with Crippen LogP contribution in [0.1, 0.15) is 51.4 Å². The van der Waals surface area contributed by atoms with Gasteiger partial charge in [-0.2, -0.15) is 0 Å². The van der Waals surface area contributed by atoms with Crippen molar-refractivity contribution in [2.24, 2.45) is 23.3 Å². The van der Waals surface area contributed by atoms with Crippen LogP contribution in [0.4, 0.5) is 4.39 Å². The molecule has 0 radical (unpaired) electrons. The van der Waals surface area contributed by atoms with Gasteiger partial charge >= 0.3 is 0 Å². The summed E-state index contributed by atoms with van der Waals surface area (Å²) in [6, 6.07) is -0.179. The Bertz CT molecular complexity index is 958. The normalized spacial score (nSPS) is 37.9. The third kappa shape index (κ3) is 7.01. The molecule has 6 unspecified atom stereocenters. The standard InChI is InChI=1S/C30H53ClFN9O2/c31-20-15-36-28(41(18-20)21-3-1-2-4-21)25(27(33)34)29(42)37-24-17-35-16-23(32)26(24)39-11-5-19(6-12-39)30(43)40-14-13-38-9-7-22(40)8-10-38/h19-28,35-36H,1-18,33-34H2,(H,37,42). The Morgan fingerprint density at radius 1 is 0.884 bits per heavy atom. The maximum Gasteiger partial charge on any atom is 0.229 e. The number of carbonyl (C=O) groups is 2. The first kappa shape index (κ1) is 31.8. The number of nitrogens with two attached hydrogens (primary N) is 2. The van der Waals surface area contributed by atoms with Gasteiger partial charge in [0, 0.05) is 70.4 Å². The number of hydrogen-bond donors (Lipinski definition) is 5. The number of likely N-dealkylation sites (tertiary alicyclic amines) is 1. The van der Waals surface area contributed by atoms with Crippen molar-refractivity contribution in [1.29, 1.82) is 0 Å². The van der Waals surface area contributed by atoms with Crippen molar-refractivity contribution in [3.8, 4) is 0 Å². The minimum absolute atomic E-state index is 0.0134. The van der Waals surface area contributed by atoms with Crippen LogP contribution in [0.5, 0.6) is 0 Å². The summed E-state index contributed by atoms with van der Waals surface area (Å²) in [5.74, 6) is -0.674. The lowest BCUT2D eigenvalue weighted by molar-refractivity contribution is -0.139. The number of alkyl halides is 2. The van der Waals surface area contributed by atoms with Gasteiger partial charge in [-0.1, -0.05) is 12.8 Å². The van der Waals surface area contributed by atoms with E-state index in [1.165, 1.54) is 12.8 Å². The molecule has 7 aliphatic rings. The molecule has 13 heteroatoms. The molecule has 7 fully saturated rings. The summed E-state index contributed by atoms with van der Waals surface area (Å²) < 4.78 is 15.6. The van der Waals surface area contributed by atoms with Crippen LogP contribution in [0, 0.1) is 11.8 Å². The molecule has 2 amide bonds. The van der Waals surface area contributed by atoms with E-state index < -0.39 is 30.3 Å². The first-order valence-electron chi connectivity index (χ1n) is 16.9. The van der Waals surface area contributed by atoms with Crippen LogP contribution >= 0.6 is 11.6 Å². The molecule has 6 saturated heterocycles. The van der Waals surface area contributed by atoms with E-state index in [2.05, 4.69) is 35.6 Å². The van der Waals surface area contributed by atoms with Gasteiger partial charge in [0.2, 0.25) is 11.8 Å². The Labute approximate surface area is 260 Å². The molecule has 0 aromatic rings. The fourth-order valence-corrected chi connectivity index (χ4v) is 9.12. The van der Waals surface area contributed by atoms with Crippen LogP contribution in [0.3, 0.4) is 0 Å². The van der Waals surface area contributed by atoms with Crippen LogP contribution < -0.4 is 27.4 Å². The van der Waals surface area contributed by atoms with Gasteiger partial charge in [-0.25, -0.2) is 4.39 Å². The quantitative estimate of drug-likeness (QED) is 0.186. The molecule has 6 aliphatic heterocycles. The molecule has 0 spiro atoms. The highest BCUT2D eigenvalue weighted by molar-refractivity contribution is 6.21.